The van der Waals surface area contributed by atoms with Crippen molar-refractivity contribution in [2.75, 3.05) is 6.54 Å². The van der Waals surface area contributed by atoms with Crippen LogP contribution in [0, 0.1) is 6.92 Å². The maximum absolute atomic E-state index is 10.7. The summed E-state index contributed by atoms with van der Waals surface area (Å²) in [4.78, 5) is 10.7. The van der Waals surface area contributed by atoms with Crippen LogP contribution in [0.5, 0.6) is 0 Å². The van der Waals surface area contributed by atoms with Gasteiger partial charge in [0.2, 0.25) is 5.91 Å². The van der Waals surface area contributed by atoms with Crippen LogP contribution in [0.4, 0.5) is 0 Å². The fraction of sp³-hybridized carbons (Fsp3) is 0.500. The lowest BCUT2D eigenvalue weighted by Crippen LogP contribution is -2.29. The standard InChI is InChI=1S/C6H10N4OS/c1-4-9-10-6(12-4)3-8-5(11)2-7/h2-3,7H2,1H3,(H,8,11). The Morgan fingerprint density at radius 3 is 2.92 bits per heavy atom. The number of carbonyl (C=O) groups excluding carboxylic acids is 1. The second-order valence-corrected chi connectivity index (χ2v) is 3.46. The van der Waals surface area contributed by atoms with E-state index in [9.17, 15) is 4.79 Å². The summed E-state index contributed by atoms with van der Waals surface area (Å²) < 4.78 is 0. The molecule has 0 saturated heterocycles. The largest absolute Gasteiger partial charge is 0.348 e. The van der Waals surface area contributed by atoms with Crippen LogP contribution < -0.4 is 11.1 Å². The van der Waals surface area contributed by atoms with Crippen molar-refractivity contribution in [1.82, 2.24) is 15.5 Å². The van der Waals surface area contributed by atoms with E-state index >= 15 is 0 Å². The topological polar surface area (TPSA) is 80.9 Å². The molecule has 1 aromatic rings. The van der Waals surface area contributed by atoms with Crippen molar-refractivity contribution in [2.45, 2.75) is 13.5 Å². The van der Waals surface area contributed by atoms with E-state index < -0.39 is 0 Å². The van der Waals surface area contributed by atoms with Gasteiger partial charge in [-0.25, -0.2) is 0 Å². The summed E-state index contributed by atoms with van der Waals surface area (Å²) >= 11 is 1.46. The molecular formula is C6H10N4OS. The molecule has 1 amide bonds. The van der Waals surface area contributed by atoms with Crippen molar-refractivity contribution in [3.05, 3.63) is 10.0 Å². The van der Waals surface area contributed by atoms with E-state index in [4.69, 9.17) is 5.73 Å². The number of carbonyl (C=O) groups is 1. The van der Waals surface area contributed by atoms with Crippen molar-refractivity contribution >= 4 is 17.2 Å². The van der Waals surface area contributed by atoms with Crippen LogP contribution >= 0.6 is 11.3 Å². The summed E-state index contributed by atoms with van der Waals surface area (Å²) in [5.74, 6) is -0.178. The second-order valence-electron chi connectivity index (χ2n) is 2.20. The quantitative estimate of drug-likeness (QED) is 0.662. The van der Waals surface area contributed by atoms with Crippen molar-refractivity contribution in [3.63, 3.8) is 0 Å². The zero-order valence-corrected chi connectivity index (χ0v) is 7.52. The molecule has 66 valence electrons. The van der Waals surface area contributed by atoms with E-state index in [-0.39, 0.29) is 12.5 Å². The Morgan fingerprint density at radius 2 is 2.42 bits per heavy atom. The Balaban J connectivity index is 2.38. The van der Waals surface area contributed by atoms with Gasteiger partial charge in [-0.3, -0.25) is 4.79 Å². The lowest BCUT2D eigenvalue weighted by molar-refractivity contribution is -0.119. The summed E-state index contributed by atoms with van der Waals surface area (Å²) in [6.45, 7) is 2.30. The van der Waals surface area contributed by atoms with Gasteiger partial charge < -0.3 is 11.1 Å². The second kappa shape index (κ2) is 4.13. The molecule has 3 N–H and O–H groups in total. The van der Waals surface area contributed by atoms with Crippen molar-refractivity contribution < 1.29 is 4.79 Å². The summed E-state index contributed by atoms with van der Waals surface area (Å²) in [5, 5.41) is 11.9. The van der Waals surface area contributed by atoms with Gasteiger partial charge in [0.15, 0.2) is 0 Å². The highest BCUT2D eigenvalue weighted by Crippen LogP contribution is 2.06. The molecular weight excluding hydrogens is 176 g/mol. The minimum atomic E-state index is -0.178. The van der Waals surface area contributed by atoms with Gasteiger partial charge in [-0.15, -0.1) is 10.2 Å². The predicted octanol–water partition coefficient (Wildman–Crippen LogP) is -0.579. The van der Waals surface area contributed by atoms with Crippen molar-refractivity contribution in [2.24, 2.45) is 5.73 Å². The van der Waals surface area contributed by atoms with Crippen LogP contribution in [-0.4, -0.2) is 22.6 Å². The number of hydrogen-bond acceptors (Lipinski definition) is 5. The first-order chi connectivity index (χ1) is 5.72. The average molecular weight is 186 g/mol. The number of aromatic nitrogens is 2. The van der Waals surface area contributed by atoms with E-state index in [0.717, 1.165) is 10.0 Å². The normalized spacial score (nSPS) is 9.83. The molecule has 12 heavy (non-hydrogen) atoms. The fourth-order valence-electron chi connectivity index (χ4n) is 0.655. The highest BCUT2D eigenvalue weighted by atomic mass is 32.1. The van der Waals surface area contributed by atoms with Crippen LogP contribution in [0.25, 0.3) is 0 Å². The van der Waals surface area contributed by atoms with Gasteiger partial charge in [-0.2, -0.15) is 0 Å². The van der Waals surface area contributed by atoms with E-state index in [1.807, 2.05) is 6.92 Å². The first-order valence-electron chi connectivity index (χ1n) is 3.48. The monoisotopic (exact) mass is 186 g/mol. The zero-order valence-electron chi connectivity index (χ0n) is 6.70. The van der Waals surface area contributed by atoms with Gasteiger partial charge >= 0.3 is 0 Å². The number of nitrogens with zero attached hydrogens (tertiary/aromatic N) is 2. The third-order valence-electron chi connectivity index (χ3n) is 1.19. The minimum absolute atomic E-state index is 0.0117. The fourth-order valence-corrected chi connectivity index (χ4v) is 1.30. The summed E-state index contributed by atoms with van der Waals surface area (Å²) in [5.41, 5.74) is 5.10. The Kier molecular flexibility index (Phi) is 3.12. The van der Waals surface area contributed by atoms with Crippen molar-refractivity contribution in [3.8, 4) is 0 Å². The molecule has 0 atom stereocenters. The lowest BCUT2D eigenvalue weighted by Gasteiger charge is -1.97. The molecule has 0 aliphatic rings. The summed E-state index contributed by atoms with van der Waals surface area (Å²) in [6.07, 6.45) is 0. The molecule has 1 aromatic heterocycles. The molecule has 0 aromatic carbocycles. The molecule has 0 aliphatic carbocycles. The molecule has 0 spiro atoms. The van der Waals surface area contributed by atoms with Gasteiger partial charge in [0, 0.05) is 0 Å². The molecule has 1 rings (SSSR count). The SMILES string of the molecule is Cc1nnc(CNC(=O)CN)s1. The molecule has 0 unspecified atom stereocenters. The van der Waals surface area contributed by atoms with Crippen LogP contribution in [0.3, 0.4) is 0 Å². The Labute approximate surface area is 74.0 Å². The average Bonchev–Trinajstić information content (AvgIpc) is 2.47. The number of aryl methyl sites for hydroxylation is 1. The minimum Gasteiger partial charge on any atom is -0.348 e. The van der Waals surface area contributed by atoms with Gasteiger partial charge in [0.1, 0.15) is 10.0 Å². The molecule has 6 heteroatoms. The molecule has 0 bridgehead atoms. The maximum atomic E-state index is 10.7. The van der Waals surface area contributed by atoms with Gasteiger partial charge in [0.05, 0.1) is 13.1 Å². The number of nitrogens with two attached hydrogens (primary N) is 1. The lowest BCUT2D eigenvalue weighted by atomic mass is 10.5. The Morgan fingerprint density at radius 1 is 1.67 bits per heavy atom. The molecule has 0 fully saturated rings. The van der Waals surface area contributed by atoms with E-state index in [1.165, 1.54) is 11.3 Å². The van der Waals surface area contributed by atoms with Gasteiger partial charge in [-0.1, -0.05) is 11.3 Å². The maximum Gasteiger partial charge on any atom is 0.234 e. The Bertz CT molecular complexity index is 272. The molecule has 5 nitrogen and oxygen atoms in total. The van der Waals surface area contributed by atoms with Crippen LogP contribution in [0.1, 0.15) is 10.0 Å². The van der Waals surface area contributed by atoms with E-state index in [1.54, 1.807) is 0 Å². The predicted molar refractivity (Wildman–Crippen MR) is 45.5 cm³/mol. The molecule has 0 saturated carbocycles. The summed E-state index contributed by atoms with van der Waals surface area (Å²) in [7, 11) is 0. The molecule has 1 heterocycles. The van der Waals surface area contributed by atoms with Crippen LogP contribution in [0.2, 0.25) is 0 Å². The Hall–Kier alpha value is -1.01. The summed E-state index contributed by atoms with van der Waals surface area (Å²) in [6, 6.07) is 0. The van der Waals surface area contributed by atoms with E-state index in [2.05, 4.69) is 15.5 Å². The molecule has 0 radical (unpaired) electrons. The first-order valence-corrected chi connectivity index (χ1v) is 4.29. The zero-order chi connectivity index (χ0) is 8.97. The van der Waals surface area contributed by atoms with Gasteiger partial charge in [0.25, 0.3) is 0 Å². The molecule has 0 aliphatic heterocycles. The first kappa shape index (κ1) is 9.08. The number of rotatable bonds is 3. The van der Waals surface area contributed by atoms with Crippen LogP contribution in [0.15, 0.2) is 0 Å². The number of nitrogens with one attached hydrogen (secondary N) is 1. The van der Waals surface area contributed by atoms with Crippen LogP contribution in [-0.2, 0) is 11.3 Å². The third-order valence-corrected chi connectivity index (χ3v) is 2.03. The highest BCUT2D eigenvalue weighted by Gasteiger charge is 2.01. The number of hydrogen-bond donors (Lipinski definition) is 2. The smallest absolute Gasteiger partial charge is 0.234 e. The number of amides is 1. The van der Waals surface area contributed by atoms with Crippen molar-refractivity contribution in [1.29, 1.82) is 0 Å². The van der Waals surface area contributed by atoms with E-state index in [0.29, 0.717) is 6.54 Å². The highest BCUT2D eigenvalue weighted by molar-refractivity contribution is 7.11. The third kappa shape index (κ3) is 2.55. The van der Waals surface area contributed by atoms with Gasteiger partial charge in [-0.05, 0) is 6.92 Å².